The van der Waals surface area contributed by atoms with E-state index in [-0.39, 0.29) is 5.91 Å². The van der Waals surface area contributed by atoms with Gasteiger partial charge in [0.1, 0.15) is 5.82 Å². The Morgan fingerprint density at radius 3 is 2.90 bits per heavy atom. The lowest BCUT2D eigenvalue weighted by Crippen LogP contribution is -2.26. The quantitative estimate of drug-likeness (QED) is 0.872. The minimum absolute atomic E-state index is 0.00422. The van der Waals surface area contributed by atoms with Crippen molar-refractivity contribution >= 4 is 11.6 Å². The Hall–Kier alpha value is -2.30. The average Bonchev–Trinajstić information content (AvgIpc) is 3.17. The molecule has 2 aromatic rings. The summed E-state index contributed by atoms with van der Waals surface area (Å²) >= 11 is 0. The number of benzene rings is 1. The highest BCUT2D eigenvalue weighted by atomic mass is 16.1. The smallest absolute Gasteiger partial charge is 0.253 e. The molecule has 1 aliphatic carbocycles. The number of imidazole rings is 1. The topological polar surface area (TPSA) is 59.0 Å². The fourth-order valence-electron chi connectivity index (χ4n) is 2.07. The molecule has 2 N–H and O–H groups in total. The molecule has 1 aliphatic rings. The first kappa shape index (κ1) is 12.7. The van der Waals surface area contributed by atoms with E-state index in [4.69, 9.17) is 0 Å². The Balaban J connectivity index is 1.72. The van der Waals surface area contributed by atoms with E-state index in [1.807, 2.05) is 42.1 Å². The highest BCUT2D eigenvalue weighted by Crippen LogP contribution is 2.21. The maximum absolute atomic E-state index is 12.2. The highest BCUT2D eigenvalue weighted by molar-refractivity contribution is 5.99. The zero-order valence-corrected chi connectivity index (χ0v) is 11.5. The van der Waals surface area contributed by atoms with Crippen LogP contribution in [0.25, 0.3) is 0 Å². The van der Waals surface area contributed by atoms with Crippen molar-refractivity contribution in [1.82, 2.24) is 14.9 Å². The van der Waals surface area contributed by atoms with Crippen molar-refractivity contribution in [2.45, 2.75) is 25.4 Å². The van der Waals surface area contributed by atoms with Crippen LogP contribution >= 0.6 is 0 Å². The molecular formula is C15H18N4O. The van der Waals surface area contributed by atoms with E-state index in [1.54, 1.807) is 6.20 Å². The third kappa shape index (κ3) is 2.82. The number of hydrogen-bond acceptors (Lipinski definition) is 3. The summed E-state index contributed by atoms with van der Waals surface area (Å²) in [5.41, 5.74) is 1.53. The fourth-order valence-corrected chi connectivity index (χ4v) is 2.07. The van der Waals surface area contributed by atoms with Crippen molar-refractivity contribution in [1.29, 1.82) is 0 Å². The first-order valence-electron chi connectivity index (χ1n) is 6.84. The van der Waals surface area contributed by atoms with E-state index in [2.05, 4.69) is 15.6 Å². The predicted octanol–water partition coefficient (Wildman–Crippen LogP) is 1.92. The van der Waals surface area contributed by atoms with E-state index in [1.165, 1.54) is 0 Å². The molecule has 0 bridgehead atoms. The molecule has 1 amide bonds. The van der Waals surface area contributed by atoms with Crippen molar-refractivity contribution in [2.24, 2.45) is 7.05 Å². The van der Waals surface area contributed by atoms with Crippen LogP contribution in [-0.2, 0) is 13.6 Å². The molecule has 20 heavy (non-hydrogen) atoms. The van der Waals surface area contributed by atoms with Crippen LogP contribution in [0.1, 0.15) is 29.0 Å². The molecule has 1 saturated carbocycles. The largest absolute Gasteiger partial charge is 0.377 e. The number of rotatable bonds is 5. The lowest BCUT2D eigenvalue weighted by Gasteiger charge is -2.12. The number of para-hydroxylation sites is 1. The summed E-state index contributed by atoms with van der Waals surface area (Å²) in [7, 11) is 1.95. The fraction of sp³-hybridized carbons (Fsp3) is 0.333. The lowest BCUT2D eigenvalue weighted by atomic mass is 10.1. The molecule has 0 aliphatic heterocycles. The van der Waals surface area contributed by atoms with Gasteiger partial charge in [0.25, 0.3) is 5.91 Å². The number of carbonyl (C=O) groups is 1. The van der Waals surface area contributed by atoms with Crippen molar-refractivity contribution in [2.75, 3.05) is 5.32 Å². The first-order valence-corrected chi connectivity index (χ1v) is 6.84. The zero-order valence-electron chi connectivity index (χ0n) is 11.5. The SMILES string of the molecule is Cn1ccnc1CNc1ccccc1C(=O)NC1CC1. The van der Waals surface area contributed by atoms with Gasteiger partial charge < -0.3 is 15.2 Å². The molecule has 1 fully saturated rings. The van der Waals surface area contributed by atoms with Gasteiger partial charge in [-0.1, -0.05) is 12.1 Å². The summed E-state index contributed by atoms with van der Waals surface area (Å²) in [6.45, 7) is 0.594. The summed E-state index contributed by atoms with van der Waals surface area (Å²) < 4.78 is 1.96. The molecule has 0 saturated heterocycles. The Labute approximate surface area is 118 Å². The van der Waals surface area contributed by atoms with Crippen LogP contribution in [0.5, 0.6) is 0 Å². The highest BCUT2D eigenvalue weighted by Gasteiger charge is 2.24. The Morgan fingerprint density at radius 1 is 1.40 bits per heavy atom. The average molecular weight is 270 g/mol. The van der Waals surface area contributed by atoms with Gasteiger partial charge in [0.15, 0.2) is 0 Å². The predicted molar refractivity (Wildman–Crippen MR) is 77.5 cm³/mol. The second-order valence-electron chi connectivity index (χ2n) is 5.10. The molecule has 0 atom stereocenters. The van der Waals surface area contributed by atoms with Crippen LogP contribution in [0.3, 0.4) is 0 Å². The maximum atomic E-state index is 12.2. The Bertz CT molecular complexity index is 616. The van der Waals surface area contributed by atoms with Gasteiger partial charge in [-0.05, 0) is 25.0 Å². The molecule has 5 nitrogen and oxygen atoms in total. The van der Waals surface area contributed by atoms with Crippen LogP contribution in [-0.4, -0.2) is 21.5 Å². The first-order chi connectivity index (χ1) is 9.74. The summed E-state index contributed by atoms with van der Waals surface area (Å²) in [4.78, 5) is 16.4. The number of amides is 1. The summed E-state index contributed by atoms with van der Waals surface area (Å²) in [6.07, 6.45) is 5.86. The van der Waals surface area contributed by atoms with Crippen molar-refractivity contribution in [3.8, 4) is 0 Å². The van der Waals surface area contributed by atoms with Gasteiger partial charge >= 0.3 is 0 Å². The molecule has 1 aromatic carbocycles. The Kier molecular flexibility index (Phi) is 3.41. The molecule has 0 spiro atoms. The van der Waals surface area contributed by atoms with Gasteiger partial charge in [-0.2, -0.15) is 0 Å². The maximum Gasteiger partial charge on any atom is 0.253 e. The van der Waals surface area contributed by atoms with E-state index in [0.29, 0.717) is 18.2 Å². The standard InChI is InChI=1S/C15H18N4O/c1-19-9-8-16-14(19)10-17-13-5-3-2-4-12(13)15(20)18-11-6-7-11/h2-5,8-9,11,17H,6-7,10H2,1H3,(H,18,20). The van der Waals surface area contributed by atoms with Gasteiger partial charge in [-0.3, -0.25) is 4.79 Å². The second kappa shape index (κ2) is 5.36. The van der Waals surface area contributed by atoms with E-state index in [0.717, 1.165) is 24.4 Å². The number of hydrogen-bond donors (Lipinski definition) is 2. The third-order valence-electron chi connectivity index (χ3n) is 3.44. The van der Waals surface area contributed by atoms with Gasteiger partial charge in [0, 0.05) is 31.2 Å². The van der Waals surface area contributed by atoms with Gasteiger partial charge in [-0.25, -0.2) is 4.98 Å². The summed E-state index contributed by atoms with van der Waals surface area (Å²) in [5, 5.41) is 6.30. The molecule has 0 radical (unpaired) electrons. The van der Waals surface area contributed by atoms with Crippen LogP contribution in [0.4, 0.5) is 5.69 Å². The third-order valence-corrected chi connectivity index (χ3v) is 3.44. The molecule has 104 valence electrons. The second-order valence-corrected chi connectivity index (χ2v) is 5.10. The number of nitrogens with one attached hydrogen (secondary N) is 2. The van der Waals surface area contributed by atoms with Gasteiger partial charge in [0.2, 0.25) is 0 Å². The number of aromatic nitrogens is 2. The molecule has 1 heterocycles. The lowest BCUT2D eigenvalue weighted by molar-refractivity contribution is 0.0952. The van der Waals surface area contributed by atoms with Crippen molar-refractivity contribution < 1.29 is 4.79 Å². The molecule has 1 aromatic heterocycles. The monoisotopic (exact) mass is 270 g/mol. The van der Waals surface area contributed by atoms with E-state index < -0.39 is 0 Å². The van der Waals surface area contributed by atoms with Crippen LogP contribution < -0.4 is 10.6 Å². The van der Waals surface area contributed by atoms with Crippen molar-refractivity contribution in [3.05, 3.63) is 48.0 Å². The van der Waals surface area contributed by atoms with Gasteiger partial charge in [0.05, 0.1) is 12.1 Å². The summed E-state index contributed by atoms with van der Waals surface area (Å²) in [6, 6.07) is 7.94. The van der Waals surface area contributed by atoms with Crippen molar-refractivity contribution in [3.63, 3.8) is 0 Å². The number of anilines is 1. The van der Waals surface area contributed by atoms with Crippen LogP contribution in [0.2, 0.25) is 0 Å². The minimum atomic E-state index is -0.00422. The van der Waals surface area contributed by atoms with Crippen LogP contribution in [0.15, 0.2) is 36.7 Å². The van der Waals surface area contributed by atoms with E-state index >= 15 is 0 Å². The van der Waals surface area contributed by atoms with Gasteiger partial charge in [-0.15, -0.1) is 0 Å². The summed E-state index contributed by atoms with van der Waals surface area (Å²) in [5.74, 6) is 0.929. The molecule has 3 rings (SSSR count). The molecule has 0 unspecified atom stereocenters. The number of carbonyl (C=O) groups excluding carboxylic acids is 1. The number of nitrogens with zero attached hydrogens (tertiary/aromatic N) is 2. The minimum Gasteiger partial charge on any atom is -0.377 e. The Morgan fingerprint density at radius 2 is 2.20 bits per heavy atom. The molecular weight excluding hydrogens is 252 g/mol. The zero-order chi connectivity index (χ0) is 13.9. The van der Waals surface area contributed by atoms with Crippen LogP contribution in [0, 0.1) is 0 Å². The normalized spacial score (nSPS) is 14.1. The van der Waals surface area contributed by atoms with E-state index in [9.17, 15) is 4.79 Å². The number of aryl methyl sites for hydroxylation is 1. The molecule has 5 heteroatoms.